The van der Waals surface area contributed by atoms with Crippen LogP contribution in [0.25, 0.3) is 0 Å². The van der Waals surface area contributed by atoms with Crippen LogP contribution in [-0.4, -0.2) is 85.7 Å². The molecular formula is C32H58N8. The number of piperidine rings is 2. The highest BCUT2D eigenvalue weighted by Gasteiger charge is 2.46. The first-order valence-corrected chi connectivity index (χ1v) is 15.3. The van der Waals surface area contributed by atoms with Crippen LogP contribution in [0.15, 0.2) is 25.3 Å². The number of anilines is 3. The molecule has 0 atom stereocenters. The van der Waals surface area contributed by atoms with Crippen molar-refractivity contribution in [2.75, 3.05) is 42.2 Å². The van der Waals surface area contributed by atoms with Crippen LogP contribution in [0.5, 0.6) is 0 Å². The average molecular weight is 555 g/mol. The summed E-state index contributed by atoms with van der Waals surface area (Å²) in [6.07, 6.45) is 10.2. The van der Waals surface area contributed by atoms with E-state index in [0.29, 0.717) is 24.5 Å². The molecule has 2 aliphatic heterocycles. The number of nitrogens with one attached hydrogen (secondary N) is 2. The summed E-state index contributed by atoms with van der Waals surface area (Å²) < 4.78 is 0. The lowest BCUT2D eigenvalue weighted by molar-refractivity contribution is -0.0215. The molecule has 8 nitrogen and oxygen atoms in total. The van der Waals surface area contributed by atoms with Gasteiger partial charge in [-0.15, -0.1) is 13.2 Å². The molecule has 0 amide bonds. The van der Waals surface area contributed by atoms with Crippen molar-refractivity contribution in [3.8, 4) is 0 Å². The molecule has 2 saturated heterocycles. The molecule has 0 unspecified atom stereocenters. The first-order chi connectivity index (χ1) is 18.6. The molecule has 3 rings (SSSR count). The number of hydrogen-bond acceptors (Lipinski definition) is 8. The Balaban J connectivity index is 1.98. The van der Waals surface area contributed by atoms with Gasteiger partial charge in [-0.1, -0.05) is 25.5 Å². The molecule has 0 bridgehead atoms. The van der Waals surface area contributed by atoms with E-state index in [1.54, 1.807) is 0 Å². The largest absolute Gasteiger partial charge is 0.351 e. The van der Waals surface area contributed by atoms with Crippen LogP contribution in [0.2, 0.25) is 0 Å². The molecular weight excluding hydrogens is 496 g/mol. The van der Waals surface area contributed by atoms with Crippen molar-refractivity contribution in [2.45, 2.75) is 135 Å². The van der Waals surface area contributed by atoms with Gasteiger partial charge in [-0.2, -0.15) is 15.0 Å². The van der Waals surface area contributed by atoms with E-state index < -0.39 is 0 Å². The van der Waals surface area contributed by atoms with Crippen LogP contribution in [0, 0.1) is 0 Å². The van der Waals surface area contributed by atoms with Crippen molar-refractivity contribution in [3.05, 3.63) is 25.3 Å². The summed E-state index contributed by atoms with van der Waals surface area (Å²) in [4.78, 5) is 22.5. The number of unbranched alkanes of at least 4 members (excludes halogenated alkanes) is 1. The monoisotopic (exact) mass is 554 g/mol. The molecule has 0 spiro atoms. The fraction of sp³-hybridized carbons (Fsp3) is 0.781. The molecule has 2 fully saturated rings. The van der Waals surface area contributed by atoms with E-state index in [1.807, 2.05) is 12.2 Å². The fourth-order valence-corrected chi connectivity index (χ4v) is 7.34. The normalized spacial score (nSPS) is 22.9. The van der Waals surface area contributed by atoms with Gasteiger partial charge in [0.15, 0.2) is 0 Å². The number of rotatable bonds is 12. The van der Waals surface area contributed by atoms with E-state index in [0.717, 1.165) is 57.6 Å². The minimum Gasteiger partial charge on any atom is -0.351 e. The van der Waals surface area contributed by atoms with Gasteiger partial charge in [0, 0.05) is 53.9 Å². The Labute approximate surface area is 245 Å². The summed E-state index contributed by atoms with van der Waals surface area (Å²) in [7, 11) is 2.26. The first kappa shape index (κ1) is 32.3. The first-order valence-electron chi connectivity index (χ1n) is 15.3. The second-order valence-electron chi connectivity index (χ2n) is 14.5. The van der Waals surface area contributed by atoms with Gasteiger partial charge in [0.1, 0.15) is 0 Å². The Morgan fingerprint density at radius 3 is 1.95 bits per heavy atom. The van der Waals surface area contributed by atoms with Crippen LogP contribution in [0.4, 0.5) is 17.8 Å². The third-order valence-corrected chi connectivity index (χ3v) is 9.36. The number of aromatic nitrogens is 3. The summed E-state index contributed by atoms with van der Waals surface area (Å²) in [6.45, 7) is 31.3. The molecule has 40 heavy (non-hydrogen) atoms. The second kappa shape index (κ2) is 12.4. The number of likely N-dealkylation sites (tertiary alicyclic amines) is 2. The van der Waals surface area contributed by atoms with Crippen LogP contribution >= 0.6 is 0 Å². The molecule has 0 aromatic carbocycles. The van der Waals surface area contributed by atoms with Gasteiger partial charge >= 0.3 is 0 Å². The molecule has 1 aromatic rings. The van der Waals surface area contributed by atoms with Gasteiger partial charge in [-0.25, -0.2) is 0 Å². The van der Waals surface area contributed by atoms with Crippen molar-refractivity contribution < 1.29 is 0 Å². The van der Waals surface area contributed by atoms with Crippen molar-refractivity contribution in [1.82, 2.24) is 24.8 Å². The summed E-state index contributed by atoms with van der Waals surface area (Å²) in [5, 5.41) is 7.10. The van der Waals surface area contributed by atoms with Crippen molar-refractivity contribution in [2.24, 2.45) is 0 Å². The minimum atomic E-state index is 0.0197. The highest BCUT2D eigenvalue weighted by atomic mass is 15.4. The second-order valence-corrected chi connectivity index (χ2v) is 14.5. The number of hydrogen-bond donors (Lipinski definition) is 2. The van der Waals surface area contributed by atoms with Crippen LogP contribution in [0.1, 0.15) is 101 Å². The third kappa shape index (κ3) is 7.35. The van der Waals surface area contributed by atoms with Gasteiger partial charge in [0.2, 0.25) is 17.8 Å². The molecule has 0 radical (unpaired) electrons. The quantitative estimate of drug-likeness (QED) is 0.290. The van der Waals surface area contributed by atoms with Gasteiger partial charge in [0.05, 0.1) is 0 Å². The Morgan fingerprint density at radius 2 is 1.43 bits per heavy atom. The van der Waals surface area contributed by atoms with E-state index in [-0.39, 0.29) is 28.2 Å². The molecule has 0 aliphatic carbocycles. The molecule has 0 saturated carbocycles. The maximum Gasteiger partial charge on any atom is 0.232 e. The van der Waals surface area contributed by atoms with Gasteiger partial charge in [-0.05, 0) is 94.5 Å². The Kier molecular flexibility index (Phi) is 9.99. The smallest absolute Gasteiger partial charge is 0.232 e. The predicted molar refractivity (Wildman–Crippen MR) is 171 cm³/mol. The highest BCUT2D eigenvalue weighted by Crippen LogP contribution is 2.41. The molecule has 2 N–H and O–H groups in total. The Hall–Kier alpha value is -2.19. The summed E-state index contributed by atoms with van der Waals surface area (Å²) in [5.41, 5.74) is 0.189. The van der Waals surface area contributed by atoms with Gasteiger partial charge < -0.3 is 15.5 Å². The van der Waals surface area contributed by atoms with E-state index in [4.69, 9.17) is 15.0 Å². The van der Waals surface area contributed by atoms with Crippen molar-refractivity contribution >= 4 is 17.8 Å². The van der Waals surface area contributed by atoms with Crippen molar-refractivity contribution in [3.63, 3.8) is 0 Å². The Morgan fingerprint density at radius 1 is 0.850 bits per heavy atom. The maximum atomic E-state index is 5.11. The lowest BCUT2D eigenvalue weighted by Crippen LogP contribution is -2.63. The van der Waals surface area contributed by atoms with E-state index in [9.17, 15) is 0 Å². The zero-order chi connectivity index (χ0) is 29.9. The zero-order valence-corrected chi connectivity index (χ0v) is 27.3. The molecule has 226 valence electrons. The van der Waals surface area contributed by atoms with Crippen LogP contribution in [0.3, 0.4) is 0 Å². The highest BCUT2D eigenvalue weighted by molar-refractivity contribution is 5.46. The lowest BCUT2D eigenvalue weighted by Gasteiger charge is -2.55. The summed E-state index contributed by atoms with van der Waals surface area (Å²) in [6, 6.07) is 0.592. The van der Waals surface area contributed by atoms with E-state index >= 15 is 0 Å². The topological polar surface area (TPSA) is 72.5 Å². The minimum absolute atomic E-state index is 0.0197. The van der Waals surface area contributed by atoms with E-state index in [1.165, 1.54) is 0 Å². The molecule has 2 aliphatic rings. The van der Waals surface area contributed by atoms with Gasteiger partial charge in [-0.3, -0.25) is 9.80 Å². The standard InChI is InChI=1S/C32H58N8/c1-13-16-19-39(25-22-29(4,5)38(12)30(6,7)23-25)28-36-26(33-17-14-2)35-27(37-28)34-24-20-31(8,9)40(18-15-3)32(10,11)21-24/h14-15,24-25H,2-3,13,16-23H2,1,4-12H3,(H2,33,34,35,36,37). The third-order valence-electron chi connectivity index (χ3n) is 9.36. The molecule has 1 aromatic heterocycles. The predicted octanol–water partition coefficient (Wildman–Crippen LogP) is 6.35. The molecule has 3 heterocycles. The SMILES string of the molecule is C=CCNc1nc(NC2CC(C)(C)N(CC=C)C(C)(C)C2)nc(N(CCCC)C2CC(C)(C)N(C)C(C)(C)C2)n1. The Bertz CT molecular complexity index is 978. The van der Waals surface area contributed by atoms with Crippen LogP contribution < -0.4 is 15.5 Å². The van der Waals surface area contributed by atoms with Crippen molar-refractivity contribution in [1.29, 1.82) is 0 Å². The number of nitrogens with zero attached hydrogens (tertiary/aromatic N) is 6. The summed E-state index contributed by atoms with van der Waals surface area (Å²) >= 11 is 0. The van der Waals surface area contributed by atoms with Gasteiger partial charge in [0.25, 0.3) is 0 Å². The summed E-state index contributed by atoms with van der Waals surface area (Å²) in [5.74, 6) is 2.02. The maximum absolute atomic E-state index is 5.11. The lowest BCUT2D eigenvalue weighted by atomic mass is 9.77. The van der Waals surface area contributed by atoms with E-state index in [2.05, 4.69) is 108 Å². The average Bonchev–Trinajstić information content (AvgIpc) is 2.83. The molecule has 8 heteroatoms. The fourth-order valence-electron chi connectivity index (χ4n) is 7.34. The zero-order valence-electron chi connectivity index (χ0n) is 27.3. The van der Waals surface area contributed by atoms with Crippen LogP contribution in [-0.2, 0) is 0 Å².